The van der Waals surface area contributed by atoms with Gasteiger partial charge in [-0.2, -0.15) is 13.5 Å². The molecule has 0 amide bonds. The van der Waals surface area contributed by atoms with Crippen molar-refractivity contribution in [3.8, 4) is 0 Å². The molecule has 0 aromatic heterocycles. The molecule has 0 aromatic rings. The summed E-state index contributed by atoms with van der Waals surface area (Å²) in [7, 11) is 0. The van der Waals surface area contributed by atoms with Gasteiger partial charge in [-0.15, -0.1) is 23.0 Å². The van der Waals surface area contributed by atoms with Crippen LogP contribution in [-0.2, 0) is 88.6 Å². The van der Waals surface area contributed by atoms with Crippen LogP contribution in [0.5, 0.6) is 0 Å². The third-order valence-electron chi connectivity index (χ3n) is 19.1. The first-order chi connectivity index (χ1) is 51.2. The van der Waals surface area contributed by atoms with Crippen molar-refractivity contribution in [2.45, 2.75) is 479 Å². The van der Waals surface area contributed by atoms with Gasteiger partial charge in [-0.1, -0.05) is 451 Å². The van der Waals surface area contributed by atoms with Gasteiger partial charge in [0.25, 0.3) is 0 Å². The maximum Gasteiger partial charge on any atom is 2.00 e. The van der Waals surface area contributed by atoms with Crippen molar-refractivity contribution in [3.63, 3.8) is 0 Å². The largest absolute Gasteiger partial charge is 2.00 e. The summed E-state index contributed by atoms with van der Waals surface area (Å²) in [6.07, 6.45) is 106. The molecule has 8 nitrogen and oxygen atoms in total. The molecular weight excluding hydrogens is 1650 g/mol. The van der Waals surface area contributed by atoms with Gasteiger partial charge in [0.2, 0.25) is 0 Å². The second-order valence-electron chi connectivity index (χ2n) is 29.4. The minimum atomic E-state index is -0.164. The first kappa shape index (κ1) is 127. The zero-order valence-electron chi connectivity index (χ0n) is 70.8. The van der Waals surface area contributed by atoms with Crippen LogP contribution in [-0.4, -0.2) is 121 Å². The number of allylic oxidation sites excluding steroid dienone is 4. The topological polar surface area (TPSA) is 105 Å². The van der Waals surface area contributed by atoms with E-state index in [0.717, 1.165) is 25.7 Å². The molecule has 0 fully saturated rings. The number of ether oxygens (including phenoxy) is 4. The van der Waals surface area contributed by atoms with Crippen molar-refractivity contribution in [1.29, 1.82) is 0 Å². The molecule has 0 rings (SSSR count). The second kappa shape index (κ2) is 124. The number of unbranched alkanes of at least 4 members (excludes halogenated alkanes) is 60. The van der Waals surface area contributed by atoms with Crippen LogP contribution in [0.4, 0.5) is 0 Å². The van der Waals surface area contributed by atoms with Crippen LogP contribution >= 0.6 is 13.5 Å². The molecule has 4 radical (unpaired) electrons. The van der Waals surface area contributed by atoms with Gasteiger partial charge in [0.15, 0.2) is 0 Å². The fraction of sp³-hybridized carbons (Fsp3) is 0.872. The third-order valence-corrected chi connectivity index (χ3v) is 19.8. The quantitative estimate of drug-likeness (QED) is 0.0145. The fourth-order valence-corrected chi connectivity index (χ4v) is 12.9. The Morgan fingerprint density at radius 2 is 0.312 bits per heavy atom. The molecule has 0 aromatic carbocycles. The molecule has 0 aliphatic heterocycles. The van der Waals surface area contributed by atoms with Crippen molar-refractivity contribution in [3.05, 3.63) is 48.6 Å². The van der Waals surface area contributed by atoms with E-state index in [-0.39, 0.29) is 100 Å². The molecule has 0 heterocycles. The zero-order chi connectivity index (χ0) is 76.5. The van der Waals surface area contributed by atoms with Crippen molar-refractivity contribution >= 4 is 136 Å². The monoisotopic (exact) mass is 1840 g/mol. The Hall–Kier alpha value is 0.187. The Morgan fingerprint density at radius 1 is 0.202 bits per heavy atom. The Bertz CT molecular complexity index is 1530. The maximum absolute atomic E-state index is 11.3. The van der Waals surface area contributed by atoms with E-state index < -0.39 is 0 Å². The molecule has 0 aliphatic rings. The molecule has 0 aliphatic carbocycles. The third kappa shape index (κ3) is 132. The average Bonchev–Trinajstić information content (AvgIpc) is 2.78. The van der Waals surface area contributed by atoms with Gasteiger partial charge in [-0.25, -0.2) is 0 Å². The van der Waals surface area contributed by atoms with E-state index in [1.165, 1.54) is 385 Å². The molecular formula is C94H182O8S5Sn2. The zero-order valence-corrected chi connectivity index (χ0v) is 80.7. The van der Waals surface area contributed by atoms with Crippen molar-refractivity contribution in [2.24, 2.45) is 0 Å². The molecule has 0 atom stereocenters. The number of rotatable bonds is 80. The fourth-order valence-electron chi connectivity index (χ4n) is 12.6. The van der Waals surface area contributed by atoms with E-state index >= 15 is 0 Å². The van der Waals surface area contributed by atoms with Crippen molar-refractivity contribution in [1.82, 2.24) is 0 Å². The summed E-state index contributed by atoms with van der Waals surface area (Å²) in [5.74, 6) is 1.27. The van der Waals surface area contributed by atoms with E-state index in [9.17, 15) is 19.2 Å². The van der Waals surface area contributed by atoms with Crippen LogP contribution in [0.1, 0.15) is 479 Å². The number of hydrogen-bond acceptors (Lipinski definition) is 12. The van der Waals surface area contributed by atoms with E-state index in [0.29, 0.717) is 75.1 Å². The summed E-state index contributed by atoms with van der Waals surface area (Å²) in [5, 5.41) is 0. The van der Waals surface area contributed by atoms with Crippen molar-refractivity contribution < 1.29 is 38.1 Å². The van der Waals surface area contributed by atoms with Crippen LogP contribution in [0.15, 0.2) is 48.6 Å². The maximum atomic E-state index is 11.3. The summed E-state index contributed by atoms with van der Waals surface area (Å²) in [5.41, 5.74) is 0. The summed E-state index contributed by atoms with van der Waals surface area (Å²) < 4.78 is 19.7. The predicted octanol–water partition coefficient (Wildman–Crippen LogP) is 29.8. The van der Waals surface area contributed by atoms with E-state index in [2.05, 4.69) is 52.0 Å². The van der Waals surface area contributed by atoms with Gasteiger partial charge >= 0.3 is 71.7 Å². The smallest absolute Gasteiger partial charge is 0.789 e. The Kier molecular flexibility index (Phi) is 145. The minimum Gasteiger partial charge on any atom is -0.789 e. The van der Waals surface area contributed by atoms with Gasteiger partial charge in [-0.05, 0) is 51.4 Å². The Balaban J connectivity index is -0.000000172. The van der Waals surface area contributed by atoms with Gasteiger partial charge in [-0.3, -0.25) is 19.2 Å². The number of esters is 4. The number of carbonyl (C=O) groups is 4. The standard InChI is InChI=1S/4C23H44O2S.2CH4.H2S.2Sn/c4*1-2-3-4-5-6-7-8-9-10-11-12-13-14-15-16-17-18-19-20-23(24)25-21-22-26;;;;;/h4*18-19,26H,2-17,20-22H2,1H3;2*1H4;1H2;;/q;;;;;;;2*+2/p-4/b4*19-18+;;;;;. The molecule has 0 saturated carbocycles. The molecule has 0 bridgehead atoms. The van der Waals surface area contributed by atoms with Gasteiger partial charge in [0, 0.05) is 0 Å². The summed E-state index contributed by atoms with van der Waals surface area (Å²) in [4.78, 5) is 45.0. The SMILES string of the molecule is C.C.CCCCCCCCCCCCCCCCC/C=C/CC(=O)OCC[S-].CCCCCCCCCCCCCCCCC/C=C/CC(=O)OCC[S-].CCCCCCCCCCCCCCCCC/C=C/CC(=O)OCC[S-].CCCCCCCCCCCCCCCCC/C=C/CC(=O)OCC[S-].S.[Sn+2].[Sn+2]. The minimum absolute atomic E-state index is 0. The van der Waals surface area contributed by atoms with Crippen LogP contribution in [0.2, 0.25) is 0 Å². The van der Waals surface area contributed by atoms with E-state index in [4.69, 9.17) is 69.5 Å². The predicted molar refractivity (Wildman–Crippen MR) is 501 cm³/mol. The number of carbonyl (C=O) groups excluding carboxylic acids is 4. The van der Waals surface area contributed by atoms with E-state index in [1.54, 1.807) is 0 Å². The number of hydrogen-bond donors (Lipinski definition) is 0. The molecule has 0 spiro atoms. The van der Waals surface area contributed by atoms with Crippen LogP contribution in [0, 0.1) is 0 Å². The molecule has 109 heavy (non-hydrogen) atoms. The second-order valence-corrected chi connectivity index (χ2v) is 31.0. The van der Waals surface area contributed by atoms with Crippen LogP contribution < -0.4 is 0 Å². The first-order valence-electron chi connectivity index (χ1n) is 44.8. The summed E-state index contributed by atoms with van der Waals surface area (Å²) >= 11 is 18.9. The Labute approximate surface area is 744 Å². The Morgan fingerprint density at radius 3 is 0.422 bits per heavy atom. The summed E-state index contributed by atoms with van der Waals surface area (Å²) in [6.45, 7) is 10.6. The normalized spacial score (nSPS) is 10.8. The molecule has 644 valence electrons. The van der Waals surface area contributed by atoms with Gasteiger partial charge < -0.3 is 69.5 Å². The molecule has 0 N–H and O–H groups in total. The summed E-state index contributed by atoms with van der Waals surface area (Å²) in [6, 6.07) is 0. The molecule has 0 saturated heterocycles. The van der Waals surface area contributed by atoms with Crippen molar-refractivity contribution in [2.75, 3.05) is 49.4 Å². The molecule has 15 heteroatoms. The first-order valence-corrected chi connectivity index (χ1v) is 47.1. The molecule has 0 unspecified atom stereocenters. The average molecular weight is 1840 g/mol. The van der Waals surface area contributed by atoms with E-state index in [1.807, 2.05) is 24.3 Å². The van der Waals surface area contributed by atoms with Gasteiger partial charge in [0.1, 0.15) is 0 Å². The van der Waals surface area contributed by atoms with Crippen LogP contribution in [0.3, 0.4) is 0 Å². The van der Waals surface area contributed by atoms with Gasteiger partial charge in [0.05, 0.1) is 52.1 Å². The van der Waals surface area contributed by atoms with Crippen LogP contribution in [0.25, 0.3) is 0 Å².